The summed E-state index contributed by atoms with van der Waals surface area (Å²) in [5.74, 6) is 1.09. The molecule has 1 unspecified atom stereocenters. The Balaban J connectivity index is 0.000000605. The van der Waals surface area contributed by atoms with Gasteiger partial charge in [-0.15, -0.1) is 24.2 Å². The lowest BCUT2D eigenvalue weighted by Crippen LogP contribution is -1.89. The summed E-state index contributed by atoms with van der Waals surface area (Å²) in [5.41, 5.74) is 1.36. The first-order valence-electron chi connectivity index (χ1n) is 3.19. The monoisotopic (exact) mass is 192 g/mol. The second-order valence-corrected chi connectivity index (χ2v) is 3.27. The highest BCUT2D eigenvalue weighted by atomic mass is 35.5. The zero-order valence-electron chi connectivity index (χ0n) is 5.82. The Morgan fingerprint density at radius 3 is 3.18 bits per heavy atom. The van der Waals surface area contributed by atoms with Gasteiger partial charge in [-0.1, -0.05) is 0 Å². The van der Waals surface area contributed by atoms with Gasteiger partial charge in [0, 0.05) is 17.5 Å². The van der Waals surface area contributed by atoms with Crippen molar-refractivity contribution in [3.8, 4) is 0 Å². The lowest BCUT2D eigenvalue weighted by molar-refractivity contribution is 0.145. The van der Waals surface area contributed by atoms with Gasteiger partial charge in [-0.05, 0) is 0 Å². The molecule has 2 heterocycles. The van der Waals surface area contributed by atoms with Crippen molar-refractivity contribution in [2.75, 3.05) is 12.4 Å². The molecule has 1 aromatic heterocycles. The van der Waals surface area contributed by atoms with Crippen LogP contribution in [-0.4, -0.2) is 22.6 Å². The summed E-state index contributed by atoms with van der Waals surface area (Å²) in [6.07, 6.45) is 3.69. The van der Waals surface area contributed by atoms with E-state index in [9.17, 15) is 0 Å². The fraction of sp³-hybridized carbons (Fsp3) is 0.500. The van der Waals surface area contributed by atoms with Gasteiger partial charge in [0.05, 0.1) is 12.8 Å². The van der Waals surface area contributed by atoms with Crippen molar-refractivity contribution in [2.45, 2.75) is 5.44 Å². The molecule has 3 nitrogen and oxygen atoms in total. The summed E-state index contributed by atoms with van der Waals surface area (Å²) >= 11 is 1.82. The standard InChI is InChI=1S/C6H8N2OS.ClH/c1-2-10-6(9-1)5-3-7-8-4-5;/h3-4,6H,1-2H2,(H,7,8);1H. The molecule has 1 fully saturated rings. The molecular formula is C6H9ClN2OS. The average molecular weight is 193 g/mol. The van der Waals surface area contributed by atoms with Crippen molar-refractivity contribution in [1.82, 2.24) is 10.2 Å². The van der Waals surface area contributed by atoms with E-state index >= 15 is 0 Å². The van der Waals surface area contributed by atoms with E-state index in [0.717, 1.165) is 17.9 Å². The van der Waals surface area contributed by atoms with Gasteiger partial charge in [-0.3, -0.25) is 5.10 Å². The summed E-state index contributed by atoms with van der Waals surface area (Å²) in [7, 11) is 0. The van der Waals surface area contributed by atoms with E-state index in [-0.39, 0.29) is 17.8 Å². The van der Waals surface area contributed by atoms with Gasteiger partial charge in [-0.25, -0.2) is 0 Å². The number of aromatic amines is 1. The zero-order valence-corrected chi connectivity index (χ0v) is 7.45. The van der Waals surface area contributed by atoms with Crippen LogP contribution in [0.3, 0.4) is 0 Å². The van der Waals surface area contributed by atoms with Crippen LogP contribution in [-0.2, 0) is 4.74 Å². The van der Waals surface area contributed by atoms with Crippen LogP contribution in [0.4, 0.5) is 0 Å². The molecule has 0 aliphatic carbocycles. The molecule has 0 radical (unpaired) electrons. The lowest BCUT2D eigenvalue weighted by atomic mass is 10.4. The first-order chi connectivity index (χ1) is 4.97. The Labute approximate surface area is 75.3 Å². The number of hydrogen-bond acceptors (Lipinski definition) is 3. The Hall–Kier alpha value is -0.190. The van der Waals surface area contributed by atoms with E-state index in [4.69, 9.17) is 4.74 Å². The molecule has 2 rings (SSSR count). The van der Waals surface area contributed by atoms with Crippen LogP contribution in [0.25, 0.3) is 0 Å². The minimum atomic E-state index is 0. The number of ether oxygens (including phenoxy) is 1. The van der Waals surface area contributed by atoms with E-state index < -0.39 is 0 Å². The molecule has 62 valence electrons. The summed E-state index contributed by atoms with van der Waals surface area (Å²) < 4.78 is 5.40. The first-order valence-corrected chi connectivity index (χ1v) is 4.23. The van der Waals surface area contributed by atoms with Crippen molar-refractivity contribution in [1.29, 1.82) is 0 Å². The van der Waals surface area contributed by atoms with Crippen LogP contribution in [0, 0.1) is 0 Å². The third-order valence-electron chi connectivity index (χ3n) is 1.41. The molecule has 1 aliphatic rings. The number of nitrogens with one attached hydrogen (secondary N) is 1. The smallest absolute Gasteiger partial charge is 0.131 e. The molecular weight excluding hydrogens is 184 g/mol. The quantitative estimate of drug-likeness (QED) is 0.735. The first kappa shape index (κ1) is 8.90. The second kappa shape index (κ2) is 3.99. The third-order valence-corrected chi connectivity index (χ3v) is 2.53. The van der Waals surface area contributed by atoms with Crippen molar-refractivity contribution in [2.24, 2.45) is 0 Å². The molecule has 0 saturated carbocycles. The minimum Gasteiger partial charge on any atom is -0.362 e. The Kier molecular flexibility index (Phi) is 3.23. The largest absolute Gasteiger partial charge is 0.362 e. The lowest BCUT2D eigenvalue weighted by Gasteiger charge is -2.02. The Bertz CT molecular complexity index is 198. The topological polar surface area (TPSA) is 37.9 Å². The maximum Gasteiger partial charge on any atom is 0.131 e. The highest BCUT2D eigenvalue weighted by molar-refractivity contribution is 7.99. The summed E-state index contributed by atoms with van der Waals surface area (Å²) in [6.45, 7) is 0.862. The third kappa shape index (κ3) is 1.89. The fourth-order valence-corrected chi connectivity index (χ4v) is 1.86. The number of rotatable bonds is 1. The fourth-order valence-electron chi connectivity index (χ4n) is 0.941. The van der Waals surface area contributed by atoms with E-state index in [1.54, 1.807) is 0 Å². The van der Waals surface area contributed by atoms with E-state index in [1.807, 2.05) is 24.2 Å². The Morgan fingerprint density at radius 1 is 1.73 bits per heavy atom. The number of aromatic nitrogens is 2. The number of thioether (sulfide) groups is 1. The highest BCUT2D eigenvalue weighted by Crippen LogP contribution is 2.33. The van der Waals surface area contributed by atoms with Gasteiger partial charge in [-0.2, -0.15) is 5.10 Å². The summed E-state index contributed by atoms with van der Waals surface area (Å²) in [4.78, 5) is 0. The number of nitrogens with zero attached hydrogens (tertiary/aromatic N) is 1. The average Bonchev–Trinajstić information content (AvgIpc) is 2.59. The molecule has 0 spiro atoms. The molecule has 0 aromatic carbocycles. The van der Waals surface area contributed by atoms with Gasteiger partial charge >= 0.3 is 0 Å². The Morgan fingerprint density at radius 2 is 2.64 bits per heavy atom. The molecule has 1 aromatic rings. The van der Waals surface area contributed by atoms with Crippen LogP contribution in [0.5, 0.6) is 0 Å². The van der Waals surface area contributed by atoms with Crippen LogP contribution < -0.4 is 0 Å². The molecule has 1 saturated heterocycles. The van der Waals surface area contributed by atoms with Gasteiger partial charge in [0.15, 0.2) is 0 Å². The summed E-state index contributed by atoms with van der Waals surface area (Å²) in [6, 6.07) is 0. The second-order valence-electron chi connectivity index (χ2n) is 2.11. The number of hydrogen-bond donors (Lipinski definition) is 1. The van der Waals surface area contributed by atoms with Crippen LogP contribution in [0.2, 0.25) is 0 Å². The molecule has 5 heteroatoms. The maximum absolute atomic E-state index is 5.40. The zero-order chi connectivity index (χ0) is 6.81. The maximum atomic E-state index is 5.40. The predicted molar refractivity (Wildman–Crippen MR) is 47.0 cm³/mol. The van der Waals surface area contributed by atoms with Crippen molar-refractivity contribution in [3.05, 3.63) is 18.0 Å². The van der Waals surface area contributed by atoms with Crippen molar-refractivity contribution >= 4 is 24.2 Å². The molecule has 0 bridgehead atoms. The SMILES string of the molecule is Cl.c1n[nH]cc1C1OCCS1. The van der Waals surface area contributed by atoms with Crippen LogP contribution >= 0.6 is 24.2 Å². The van der Waals surface area contributed by atoms with Crippen LogP contribution in [0.15, 0.2) is 12.4 Å². The normalized spacial score (nSPS) is 23.1. The van der Waals surface area contributed by atoms with Crippen molar-refractivity contribution < 1.29 is 4.74 Å². The predicted octanol–water partition coefficient (Wildman–Crippen LogP) is 1.59. The highest BCUT2D eigenvalue weighted by Gasteiger charge is 2.18. The molecule has 1 aliphatic heterocycles. The molecule has 1 atom stereocenters. The van der Waals surface area contributed by atoms with Gasteiger partial charge in [0.25, 0.3) is 0 Å². The van der Waals surface area contributed by atoms with Gasteiger partial charge in [0.1, 0.15) is 5.44 Å². The van der Waals surface area contributed by atoms with Crippen molar-refractivity contribution in [3.63, 3.8) is 0 Å². The van der Waals surface area contributed by atoms with Gasteiger partial charge < -0.3 is 4.74 Å². The van der Waals surface area contributed by atoms with Crippen LogP contribution in [0.1, 0.15) is 11.0 Å². The number of H-pyrrole nitrogens is 1. The molecule has 1 N–H and O–H groups in total. The van der Waals surface area contributed by atoms with E-state index in [2.05, 4.69) is 10.2 Å². The summed E-state index contributed by atoms with van der Waals surface area (Å²) in [5, 5.41) is 6.61. The van der Waals surface area contributed by atoms with Gasteiger partial charge in [0.2, 0.25) is 0 Å². The number of halogens is 1. The molecule has 11 heavy (non-hydrogen) atoms. The van der Waals surface area contributed by atoms with E-state index in [1.165, 1.54) is 0 Å². The van der Waals surface area contributed by atoms with E-state index in [0.29, 0.717) is 0 Å². The molecule has 0 amide bonds. The minimum absolute atomic E-state index is 0.